The van der Waals surface area contributed by atoms with Gasteiger partial charge in [0.1, 0.15) is 0 Å². The number of carbonyl (C=O) groups excluding carboxylic acids is 1. The van der Waals surface area contributed by atoms with Crippen LogP contribution in [0.2, 0.25) is 0 Å². The van der Waals surface area contributed by atoms with E-state index < -0.39 is 30.5 Å². The maximum Gasteiger partial charge on any atom is 0.399 e. The summed E-state index contributed by atoms with van der Waals surface area (Å²) in [5.41, 5.74) is -5.73. The van der Waals surface area contributed by atoms with E-state index in [0.29, 0.717) is 12.3 Å². The molecule has 1 rings (SSSR count). The number of ether oxygens (including phenoxy) is 1. The predicted molar refractivity (Wildman–Crippen MR) is 57.0 cm³/mol. The second-order valence-electron chi connectivity index (χ2n) is 5.11. The molecule has 0 atom stereocenters. The van der Waals surface area contributed by atoms with Gasteiger partial charge in [-0.05, 0) is 18.8 Å². The molecule has 0 amide bonds. The Bertz CT molecular complexity index is 343. The van der Waals surface area contributed by atoms with Crippen molar-refractivity contribution < 1.29 is 41.0 Å². The lowest BCUT2D eigenvalue weighted by molar-refractivity contribution is -0.574. The highest BCUT2D eigenvalue weighted by Crippen LogP contribution is 2.41. The lowest BCUT2D eigenvalue weighted by Crippen LogP contribution is -2.71. The second-order valence-corrected chi connectivity index (χ2v) is 5.11. The summed E-state index contributed by atoms with van der Waals surface area (Å²) >= 11 is 0. The molecule has 0 radical (unpaired) electrons. The smallest absolute Gasteiger partial charge is 0.399 e. The largest absolute Gasteiger partial charge is 0.828 e. The molecule has 0 saturated heterocycles. The molecule has 3 nitrogen and oxygen atoms in total. The molecule has 1 aliphatic rings. The molecule has 9 heteroatoms. The minimum absolute atomic E-state index is 0.141. The third-order valence-electron chi connectivity index (χ3n) is 3.55. The average Bonchev–Trinajstić information content (AvgIpc) is 2.83. The molecule has 0 aromatic rings. The average molecular weight is 321 g/mol. The Morgan fingerprint density at radius 1 is 1.05 bits per heavy atom. The van der Waals surface area contributed by atoms with E-state index in [4.69, 9.17) is 0 Å². The first-order valence-corrected chi connectivity index (χ1v) is 6.51. The van der Waals surface area contributed by atoms with Crippen molar-refractivity contribution in [1.82, 2.24) is 0 Å². The van der Waals surface area contributed by atoms with Crippen molar-refractivity contribution in [1.29, 1.82) is 0 Å². The molecule has 124 valence electrons. The number of hydrogen-bond acceptors (Lipinski definition) is 3. The van der Waals surface area contributed by atoms with Gasteiger partial charge in [0.25, 0.3) is 0 Å². The Hall–Kier alpha value is -0.990. The van der Waals surface area contributed by atoms with Crippen LogP contribution in [-0.4, -0.2) is 30.5 Å². The van der Waals surface area contributed by atoms with Gasteiger partial charge in [0.05, 0.1) is 6.61 Å². The number of carbonyl (C=O) groups is 1. The quantitative estimate of drug-likeness (QED) is 0.444. The van der Waals surface area contributed by atoms with Crippen LogP contribution in [-0.2, 0) is 9.53 Å². The molecular weight excluding hydrogens is 306 g/mol. The Labute approximate surface area is 117 Å². The van der Waals surface area contributed by atoms with E-state index in [1.54, 1.807) is 0 Å². The zero-order chi connectivity index (χ0) is 16.3. The van der Waals surface area contributed by atoms with Gasteiger partial charge in [-0.25, -0.2) is 0 Å². The summed E-state index contributed by atoms with van der Waals surface area (Å²) in [6, 6.07) is 0. The minimum atomic E-state index is -6.30. The fourth-order valence-electron chi connectivity index (χ4n) is 2.33. The second kappa shape index (κ2) is 6.41. The van der Waals surface area contributed by atoms with Crippen LogP contribution in [0.4, 0.5) is 26.3 Å². The normalized spacial score (nSPS) is 18.0. The van der Waals surface area contributed by atoms with Gasteiger partial charge >= 0.3 is 18.3 Å². The highest BCUT2D eigenvalue weighted by molar-refractivity contribution is 5.81. The van der Waals surface area contributed by atoms with Crippen molar-refractivity contribution >= 4 is 5.97 Å². The summed E-state index contributed by atoms with van der Waals surface area (Å²) in [5, 5.41) is 11.0. The van der Waals surface area contributed by atoms with Crippen LogP contribution in [0.15, 0.2) is 0 Å². The van der Waals surface area contributed by atoms with Crippen LogP contribution in [0.25, 0.3) is 0 Å². The first kappa shape index (κ1) is 18.1. The number of alkyl halides is 6. The van der Waals surface area contributed by atoms with E-state index in [1.165, 1.54) is 0 Å². The molecule has 0 aromatic heterocycles. The molecule has 0 N–H and O–H groups in total. The van der Waals surface area contributed by atoms with Gasteiger partial charge in [-0.2, -0.15) is 26.3 Å². The molecule has 1 fully saturated rings. The summed E-state index contributed by atoms with van der Waals surface area (Å²) in [7, 11) is 0. The number of rotatable bonds is 5. The Morgan fingerprint density at radius 3 is 1.95 bits per heavy atom. The molecule has 1 aliphatic carbocycles. The molecule has 1 saturated carbocycles. The van der Waals surface area contributed by atoms with E-state index in [2.05, 4.69) is 4.74 Å². The van der Waals surface area contributed by atoms with Crippen molar-refractivity contribution in [3.8, 4) is 0 Å². The Morgan fingerprint density at radius 2 is 1.52 bits per heavy atom. The third kappa shape index (κ3) is 4.02. The Kier molecular flexibility index (Phi) is 5.51. The van der Waals surface area contributed by atoms with Crippen molar-refractivity contribution in [2.24, 2.45) is 5.92 Å². The van der Waals surface area contributed by atoms with Crippen LogP contribution < -0.4 is 5.11 Å². The molecule has 21 heavy (non-hydrogen) atoms. The summed E-state index contributed by atoms with van der Waals surface area (Å²) < 4.78 is 77.6. The highest BCUT2D eigenvalue weighted by Gasteiger charge is 2.68. The number of hydrogen-bond donors (Lipinski definition) is 0. The molecule has 0 aromatic carbocycles. The lowest BCUT2D eigenvalue weighted by atomic mass is 10.0. The van der Waals surface area contributed by atoms with Crippen molar-refractivity contribution in [2.75, 3.05) is 6.61 Å². The van der Waals surface area contributed by atoms with Gasteiger partial charge in [0.15, 0.2) is 5.60 Å². The van der Waals surface area contributed by atoms with Crippen LogP contribution >= 0.6 is 0 Å². The van der Waals surface area contributed by atoms with Crippen molar-refractivity contribution in [3.63, 3.8) is 0 Å². The van der Waals surface area contributed by atoms with Crippen LogP contribution in [0.5, 0.6) is 0 Å². The monoisotopic (exact) mass is 321 g/mol. The highest BCUT2D eigenvalue weighted by atomic mass is 19.4. The summed E-state index contributed by atoms with van der Waals surface area (Å²) in [4.78, 5) is 11.0. The van der Waals surface area contributed by atoms with E-state index in [0.717, 1.165) is 25.7 Å². The topological polar surface area (TPSA) is 49.4 Å². The van der Waals surface area contributed by atoms with Gasteiger partial charge < -0.3 is 9.84 Å². The molecule has 0 aliphatic heterocycles. The Balaban J connectivity index is 2.54. The van der Waals surface area contributed by atoms with Gasteiger partial charge in [0, 0.05) is 0 Å². The maximum atomic E-state index is 12.3. The molecule has 0 spiro atoms. The zero-order valence-electron chi connectivity index (χ0n) is 11.0. The fraction of sp³-hybridized carbons (Fsp3) is 0.917. The van der Waals surface area contributed by atoms with Crippen molar-refractivity contribution in [2.45, 2.75) is 56.5 Å². The zero-order valence-corrected chi connectivity index (χ0v) is 11.0. The summed E-state index contributed by atoms with van der Waals surface area (Å²) in [6.45, 7) is -0.620. The summed E-state index contributed by atoms with van der Waals surface area (Å²) in [5.74, 6) is -2.49. The van der Waals surface area contributed by atoms with Gasteiger partial charge in [-0.3, -0.25) is 4.79 Å². The van der Waals surface area contributed by atoms with Gasteiger partial charge in [0.2, 0.25) is 0 Å². The number of halogens is 6. The van der Waals surface area contributed by atoms with Gasteiger partial charge in [-0.15, -0.1) is 0 Å². The van der Waals surface area contributed by atoms with E-state index >= 15 is 0 Å². The van der Waals surface area contributed by atoms with E-state index in [-0.39, 0.29) is 6.42 Å². The molecule has 0 heterocycles. The minimum Gasteiger partial charge on any atom is -0.828 e. The standard InChI is InChI=1S/C12H15F6O3/c13-11(14,15)10(20,12(16,17)18)9(19)21-7-3-6-8-4-1-2-5-8/h8H,1-7H2/q-1. The molecule has 0 unspecified atom stereocenters. The maximum absolute atomic E-state index is 12.3. The first-order valence-electron chi connectivity index (χ1n) is 6.51. The summed E-state index contributed by atoms with van der Waals surface area (Å²) in [6.07, 6.45) is -7.93. The fourth-order valence-corrected chi connectivity index (χ4v) is 2.33. The lowest BCUT2D eigenvalue weighted by Gasteiger charge is -2.40. The first-order chi connectivity index (χ1) is 9.50. The number of esters is 1. The van der Waals surface area contributed by atoms with Crippen molar-refractivity contribution in [3.05, 3.63) is 0 Å². The van der Waals surface area contributed by atoms with Crippen LogP contribution in [0.1, 0.15) is 38.5 Å². The van der Waals surface area contributed by atoms with E-state index in [9.17, 15) is 36.2 Å². The van der Waals surface area contributed by atoms with Gasteiger partial charge in [-0.1, -0.05) is 25.7 Å². The SMILES string of the molecule is O=C(OCCCC1CCCC1)C([O-])(C(F)(F)F)C(F)(F)F. The van der Waals surface area contributed by atoms with E-state index in [1.807, 2.05) is 0 Å². The molecular formula is C12H15F6O3-. The predicted octanol–water partition coefficient (Wildman–Crippen LogP) is 2.72. The van der Waals surface area contributed by atoms with Crippen LogP contribution in [0, 0.1) is 5.92 Å². The molecule has 0 bridgehead atoms. The van der Waals surface area contributed by atoms with Crippen LogP contribution in [0.3, 0.4) is 0 Å². The third-order valence-corrected chi connectivity index (χ3v) is 3.55.